The number of benzene rings is 1. The van der Waals surface area contributed by atoms with Gasteiger partial charge in [0.2, 0.25) is 16.8 Å². The summed E-state index contributed by atoms with van der Waals surface area (Å²) in [5.41, 5.74) is -0.179. The summed E-state index contributed by atoms with van der Waals surface area (Å²) in [5.74, 6) is 0.549. The van der Waals surface area contributed by atoms with Crippen LogP contribution in [0.1, 0.15) is 24.2 Å². The number of ether oxygens (including phenoxy) is 3. The van der Waals surface area contributed by atoms with Crippen molar-refractivity contribution in [3.63, 3.8) is 0 Å². The van der Waals surface area contributed by atoms with Crippen LogP contribution in [0.4, 0.5) is 0 Å². The van der Waals surface area contributed by atoms with Gasteiger partial charge >= 0.3 is 0 Å². The first-order valence-electron chi connectivity index (χ1n) is 7.56. The first-order valence-corrected chi connectivity index (χ1v) is 9.17. The lowest BCUT2D eigenvalue weighted by Crippen LogP contribution is -2.46. The molecule has 0 aliphatic carbocycles. The maximum atomic E-state index is 12.4. The van der Waals surface area contributed by atoms with Gasteiger partial charge in [-0.3, -0.25) is 4.79 Å². The van der Waals surface area contributed by atoms with Crippen molar-refractivity contribution >= 4 is 15.9 Å². The van der Waals surface area contributed by atoms with E-state index in [1.54, 1.807) is 18.2 Å². The third-order valence-corrected chi connectivity index (χ3v) is 5.95. The highest BCUT2D eigenvalue weighted by atomic mass is 32.2. The van der Waals surface area contributed by atoms with Crippen LogP contribution in [-0.4, -0.2) is 56.6 Å². The lowest BCUT2D eigenvalue weighted by Gasteiger charge is -2.28. The second-order valence-corrected chi connectivity index (χ2v) is 8.29. The second kappa shape index (κ2) is 6.23. The minimum absolute atomic E-state index is 0.0161. The van der Waals surface area contributed by atoms with E-state index in [4.69, 9.17) is 14.2 Å². The monoisotopic (exact) mass is 356 g/mol. The van der Waals surface area contributed by atoms with Crippen molar-refractivity contribution in [1.29, 1.82) is 0 Å². The normalized spacial score (nSPS) is 19.4. The molecule has 1 N–H and O–H groups in total. The predicted molar refractivity (Wildman–Crippen MR) is 85.4 cm³/mol. The summed E-state index contributed by atoms with van der Waals surface area (Å²) in [4.78, 5) is 12.1. The molecule has 1 aromatic rings. The van der Waals surface area contributed by atoms with Crippen LogP contribution in [0.5, 0.6) is 11.5 Å². The Balaban J connectivity index is 1.57. The van der Waals surface area contributed by atoms with E-state index >= 15 is 0 Å². The van der Waals surface area contributed by atoms with Crippen LogP contribution in [0.2, 0.25) is 0 Å². The zero-order valence-electron chi connectivity index (χ0n) is 13.6. The van der Waals surface area contributed by atoms with Gasteiger partial charge in [0.1, 0.15) is 6.73 Å². The van der Waals surface area contributed by atoms with E-state index in [0.717, 1.165) is 0 Å². The molecule has 0 spiro atoms. The third kappa shape index (κ3) is 3.33. The Kier molecular flexibility index (Phi) is 4.41. The molecule has 3 rings (SSSR count). The van der Waals surface area contributed by atoms with Crippen molar-refractivity contribution in [3.05, 3.63) is 23.8 Å². The van der Waals surface area contributed by atoms with Crippen LogP contribution in [0.25, 0.3) is 0 Å². The Labute approximate surface area is 140 Å². The number of carbonyl (C=O) groups is 1. The number of nitrogens with zero attached hydrogens (tertiary/aromatic N) is 1. The topological polar surface area (TPSA) is 94.2 Å². The maximum absolute atomic E-state index is 12.4. The van der Waals surface area contributed by atoms with E-state index in [2.05, 4.69) is 5.32 Å². The quantitative estimate of drug-likeness (QED) is 0.828. The average molecular weight is 356 g/mol. The molecule has 2 heterocycles. The summed E-state index contributed by atoms with van der Waals surface area (Å²) in [6.45, 7) is 4.17. The molecule has 1 aromatic carbocycles. The molecular weight excluding hydrogens is 336 g/mol. The molecule has 2 aliphatic rings. The van der Waals surface area contributed by atoms with Gasteiger partial charge in [-0.2, -0.15) is 4.31 Å². The molecule has 1 amide bonds. The molecule has 0 atom stereocenters. The summed E-state index contributed by atoms with van der Waals surface area (Å²) in [6.07, 6.45) is 0. The third-order valence-electron chi connectivity index (χ3n) is 3.96. The van der Waals surface area contributed by atoms with Crippen LogP contribution < -0.4 is 14.8 Å². The van der Waals surface area contributed by atoms with Gasteiger partial charge in [-0.25, -0.2) is 8.42 Å². The number of amides is 1. The first kappa shape index (κ1) is 17.0. The average Bonchev–Trinajstić information content (AvgIpc) is 3.11. The molecule has 24 heavy (non-hydrogen) atoms. The fourth-order valence-electron chi connectivity index (χ4n) is 2.63. The second-order valence-electron chi connectivity index (χ2n) is 6.28. The summed E-state index contributed by atoms with van der Waals surface area (Å²) in [7, 11) is -3.51. The number of carbonyl (C=O) groups excluding carboxylic acids is 1. The zero-order chi connectivity index (χ0) is 17.4. The molecule has 0 saturated carbocycles. The highest BCUT2D eigenvalue weighted by Crippen LogP contribution is 2.32. The predicted octanol–water partition coefficient (Wildman–Crippen LogP) is 0.543. The molecule has 0 bridgehead atoms. The van der Waals surface area contributed by atoms with Crippen molar-refractivity contribution in [2.75, 3.05) is 32.4 Å². The Bertz CT molecular complexity index is 746. The number of hydrogen-bond acceptors (Lipinski definition) is 6. The van der Waals surface area contributed by atoms with Crippen molar-refractivity contribution in [3.8, 4) is 11.5 Å². The molecule has 9 heteroatoms. The molecule has 1 saturated heterocycles. The lowest BCUT2D eigenvalue weighted by atomic mass is 10.1. The number of hydrogen-bond donors (Lipinski definition) is 1. The zero-order valence-corrected chi connectivity index (χ0v) is 14.4. The van der Waals surface area contributed by atoms with Crippen LogP contribution >= 0.6 is 0 Å². The first-order chi connectivity index (χ1) is 11.3. The molecule has 1 fully saturated rings. The van der Waals surface area contributed by atoms with Gasteiger partial charge in [-0.1, -0.05) is 0 Å². The lowest BCUT2D eigenvalue weighted by molar-refractivity contribution is 0.0955. The molecule has 2 aliphatic heterocycles. The van der Waals surface area contributed by atoms with E-state index in [0.29, 0.717) is 23.7 Å². The minimum atomic E-state index is -3.51. The summed E-state index contributed by atoms with van der Waals surface area (Å²) < 4.78 is 41.7. The summed E-state index contributed by atoms with van der Waals surface area (Å²) in [5, 5.41) is 2.62. The molecule has 0 radical (unpaired) electrons. The minimum Gasteiger partial charge on any atom is -0.454 e. The highest BCUT2D eigenvalue weighted by Gasteiger charge is 2.40. The molecule has 0 aromatic heterocycles. The van der Waals surface area contributed by atoms with Crippen molar-refractivity contribution in [1.82, 2.24) is 9.62 Å². The van der Waals surface area contributed by atoms with E-state index in [-0.39, 0.29) is 31.7 Å². The highest BCUT2D eigenvalue weighted by molar-refractivity contribution is 7.89. The van der Waals surface area contributed by atoms with E-state index < -0.39 is 15.6 Å². The van der Waals surface area contributed by atoms with Gasteiger partial charge in [0.25, 0.3) is 5.91 Å². The van der Waals surface area contributed by atoms with Crippen LogP contribution in [-0.2, 0) is 14.8 Å². The Morgan fingerprint density at radius 1 is 1.29 bits per heavy atom. The fraction of sp³-hybridized carbons (Fsp3) is 0.533. The van der Waals surface area contributed by atoms with Crippen molar-refractivity contribution < 1.29 is 27.4 Å². The van der Waals surface area contributed by atoms with E-state index in [1.165, 1.54) is 4.31 Å². The van der Waals surface area contributed by atoms with Crippen molar-refractivity contribution in [2.45, 2.75) is 19.4 Å². The van der Waals surface area contributed by atoms with Gasteiger partial charge in [0, 0.05) is 12.1 Å². The smallest absolute Gasteiger partial charge is 0.251 e. The largest absolute Gasteiger partial charge is 0.454 e. The standard InChI is InChI=1S/C15H20N2O6S/c1-15(2)8-21-9-17(15)24(19,20)6-5-16-14(18)11-3-4-12-13(7-11)23-10-22-12/h3-4,7H,5-6,8-10H2,1-2H3,(H,16,18). The van der Waals surface area contributed by atoms with Gasteiger partial charge in [-0.15, -0.1) is 0 Å². The number of sulfonamides is 1. The molecule has 8 nitrogen and oxygen atoms in total. The Hall–Kier alpha value is -1.84. The Morgan fingerprint density at radius 2 is 2.04 bits per heavy atom. The van der Waals surface area contributed by atoms with E-state index in [1.807, 2.05) is 13.8 Å². The molecular formula is C15H20N2O6S. The van der Waals surface area contributed by atoms with Gasteiger partial charge in [0.05, 0.1) is 17.9 Å². The van der Waals surface area contributed by atoms with Gasteiger partial charge in [0.15, 0.2) is 11.5 Å². The van der Waals surface area contributed by atoms with Crippen molar-refractivity contribution in [2.24, 2.45) is 0 Å². The fourth-order valence-corrected chi connectivity index (χ4v) is 4.25. The number of rotatable bonds is 5. The number of nitrogens with one attached hydrogen (secondary N) is 1. The SMILES string of the molecule is CC1(C)COCN1S(=O)(=O)CCNC(=O)c1ccc2c(c1)OCO2. The molecule has 132 valence electrons. The van der Waals surface area contributed by atoms with Crippen LogP contribution in [0.15, 0.2) is 18.2 Å². The van der Waals surface area contributed by atoms with Gasteiger partial charge < -0.3 is 19.5 Å². The van der Waals surface area contributed by atoms with Crippen LogP contribution in [0.3, 0.4) is 0 Å². The molecule has 0 unspecified atom stereocenters. The van der Waals surface area contributed by atoms with Gasteiger partial charge in [-0.05, 0) is 32.0 Å². The maximum Gasteiger partial charge on any atom is 0.251 e. The summed E-state index contributed by atoms with van der Waals surface area (Å²) in [6, 6.07) is 4.83. The Morgan fingerprint density at radius 3 is 2.75 bits per heavy atom. The summed E-state index contributed by atoms with van der Waals surface area (Å²) >= 11 is 0. The number of fused-ring (bicyclic) bond motifs is 1. The van der Waals surface area contributed by atoms with E-state index in [9.17, 15) is 13.2 Å². The van der Waals surface area contributed by atoms with Crippen LogP contribution in [0, 0.1) is 0 Å².